The Morgan fingerprint density at radius 2 is 1.58 bits per heavy atom. The van der Waals surface area contributed by atoms with Crippen molar-refractivity contribution >= 4 is 57.1 Å². The number of nitrogens with zero attached hydrogens (tertiary/aromatic N) is 5. The van der Waals surface area contributed by atoms with Gasteiger partial charge in [-0.25, -0.2) is 5.43 Å². The number of non-ortho nitro benzene ring substituents is 1. The van der Waals surface area contributed by atoms with Gasteiger partial charge in [0.05, 0.1) is 22.7 Å². The number of halogens is 1. The minimum absolute atomic E-state index is 0.0151. The number of nitro groups is 1. The van der Waals surface area contributed by atoms with E-state index < -0.39 is 4.92 Å². The van der Waals surface area contributed by atoms with Crippen LogP contribution >= 0.6 is 15.9 Å². The highest BCUT2D eigenvalue weighted by atomic mass is 79.9. The van der Waals surface area contributed by atoms with Crippen molar-refractivity contribution in [3.63, 3.8) is 0 Å². The van der Waals surface area contributed by atoms with E-state index >= 15 is 0 Å². The molecule has 0 fully saturated rings. The highest BCUT2D eigenvalue weighted by Gasteiger charge is 2.10. The van der Waals surface area contributed by atoms with E-state index in [1.807, 2.05) is 30.3 Å². The smallest absolute Gasteiger partial charge is 0.269 e. The van der Waals surface area contributed by atoms with E-state index in [0.29, 0.717) is 15.7 Å². The molecule has 0 unspecified atom stereocenters. The summed E-state index contributed by atoms with van der Waals surface area (Å²) in [7, 11) is 1.45. The van der Waals surface area contributed by atoms with Gasteiger partial charge >= 0.3 is 0 Å². The molecule has 4 aromatic rings. The average Bonchev–Trinajstić information content (AvgIpc) is 2.87. The van der Waals surface area contributed by atoms with Crippen molar-refractivity contribution in [1.29, 1.82) is 0 Å². The zero-order valence-electron chi connectivity index (χ0n) is 18.7. The third kappa shape index (κ3) is 6.21. The molecule has 13 heteroatoms. The van der Waals surface area contributed by atoms with Crippen LogP contribution in [-0.4, -0.2) is 38.3 Å². The molecular formula is C23H19BrN8O4. The number of anilines is 5. The Morgan fingerprint density at radius 1 is 0.972 bits per heavy atom. The molecule has 0 aliphatic rings. The van der Waals surface area contributed by atoms with Crippen LogP contribution in [0.4, 0.5) is 34.9 Å². The molecule has 12 nitrogen and oxygen atoms in total. The van der Waals surface area contributed by atoms with Gasteiger partial charge in [-0.2, -0.15) is 20.1 Å². The number of hydrogen-bond acceptors (Lipinski definition) is 11. The number of nitrogens with one attached hydrogen (secondary N) is 3. The van der Waals surface area contributed by atoms with Gasteiger partial charge in [0.1, 0.15) is 0 Å². The monoisotopic (exact) mass is 550 g/mol. The van der Waals surface area contributed by atoms with Crippen LogP contribution in [-0.2, 0) is 0 Å². The number of phenolic OH excluding ortho intramolecular Hbond substituents is 1. The predicted molar refractivity (Wildman–Crippen MR) is 140 cm³/mol. The van der Waals surface area contributed by atoms with Crippen LogP contribution in [0, 0.1) is 10.1 Å². The summed E-state index contributed by atoms with van der Waals surface area (Å²) in [4.78, 5) is 23.5. The van der Waals surface area contributed by atoms with Crippen LogP contribution in [0.2, 0.25) is 0 Å². The Balaban J connectivity index is 1.58. The Morgan fingerprint density at radius 3 is 2.19 bits per heavy atom. The zero-order valence-corrected chi connectivity index (χ0v) is 20.3. The van der Waals surface area contributed by atoms with Crippen molar-refractivity contribution in [2.45, 2.75) is 0 Å². The van der Waals surface area contributed by atoms with Gasteiger partial charge in [-0.05, 0) is 57.9 Å². The molecule has 1 aromatic heterocycles. The van der Waals surface area contributed by atoms with Gasteiger partial charge in [0.2, 0.25) is 17.8 Å². The molecule has 4 rings (SSSR count). The van der Waals surface area contributed by atoms with Gasteiger partial charge in [0, 0.05) is 23.5 Å². The minimum Gasteiger partial charge on any atom is -0.503 e. The predicted octanol–water partition coefficient (Wildman–Crippen LogP) is 5.19. The highest BCUT2D eigenvalue weighted by Crippen LogP contribution is 2.34. The number of ether oxygens (including phenoxy) is 1. The molecule has 1 heterocycles. The lowest BCUT2D eigenvalue weighted by atomic mass is 10.2. The second kappa shape index (κ2) is 11.1. The summed E-state index contributed by atoms with van der Waals surface area (Å²) in [6.45, 7) is 0. The van der Waals surface area contributed by atoms with Crippen molar-refractivity contribution in [2.24, 2.45) is 5.10 Å². The van der Waals surface area contributed by atoms with Gasteiger partial charge in [-0.3, -0.25) is 10.1 Å². The van der Waals surface area contributed by atoms with Crippen molar-refractivity contribution < 1.29 is 14.8 Å². The number of benzene rings is 3. The fraction of sp³-hybridized carbons (Fsp3) is 0.0435. The summed E-state index contributed by atoms with van der Waals surface area (Å²) < 4.78 is 5.60. The maximum Gasteiger partial charge on any atom is 0.269 e. The van der Waals surface area contributed by atoms with E-state index in [1.165, 1.54) is 25.5 Å². The lowest BCUT2D eigenvalue weighted by Crippen LogP contribution is -2.07. The molecule has 0 atom stereocenters. The quantitative estimate of drug-likeness (QED) is 0.124. The van der Waals surface area contributed by atoms with Gasteiger partial charge in [-0.1, -0.05) is 18.2 Å². The number of hydrogen-bond donors (Lipinski definition) is 4. The minimum atomic E-state index is -0.475. The van der Waals surface area contributed by atoms with Crippen molar-refractivity contribution in [2.75, 3.05) is 23.2 Å². The van der Waals surface area contributed by atoms with E-state index in [9.17, 15) is 15.2 Å². The van der Waals surface area contributed by atoms with Crippen LogP contribution in [0.5, 0.6) is 11.5 Å². The Kier molecular flexibility index (Phi) is 7.51. The van der Waals surface area contributed by atoms with Gasteiger partial charge in [-0.15, -0.1) is 0 Å². The molecule has 0 aliphatic carbocycles. The Labute approximate surface area is 213 Å². The zero-order chi connectivity index (χ0) is 25.5. The number of nitro benzene ring substituents is 1. The topological polar surface area (TPSA) is 160 Å². The number of rotatable bonds is 9. The normalized spacial score (nSPS) is 10.7. The van der Waals surface area contributed by atoms with Crippen LogP contribution in [0.25, 0.3) is 0 Å². The van der Waals surface area contributed by atoms with E-state index in [1.54, 1.807) is 24.3 Å². The molecule has 0 spiro atoms. The summed E-state index contributed by atoms with van der Waals surface area (Å²) in [5, 5.41) is 31.1. The molecule has 0 saturated heterocycles. The summed E-state index contributed by atoms with van der Waals surface area (Å²) in [5.74, 6) is 0.832. The van der Waals surface area contributed by atoms with E-state index in [4.69, 9.17) is 4.74 Å². The summed E-state index contributed by atoms with van der Waals surface area (Å²) in [6, 6.07) is 18.5. The SMILES string of the molecule is COc1cc(/C=N\Nc2nc(Nc3ccccc3)nc(Nc3ccc([N+](=O)[O-])cc3)n2)cc(Br)c1O. The van der Waals surface area contributed by atoms with E-state index in [-0.39, 0.29) is 35.0 Å². The highest BCUT2D eigenvalue weighted by molar-refractivity contribution is 9.10. The molecular weight excluding hydrogens is 532 g/mol. The second-order valence-electron chi connectivity index (χ2n) is 7.15. The Hall–Kier alpha value is -4.78. The fourth-order valence-electron chi connectivity index (χ4n) is 2.97. The summed E-state index contributed by atoms with van der Waals surface area (Å²) in [6.07, 6.45) is 1.50. The van der Waals surface area contributed by atoms with Crippen molar-refractivity contribution in [3.8, 4) is 11.5 Å². The van der Waals surface area contributed by atoms with Crippen molar-refractivity contribution in [1.82, 2.24) is 15.0 Å². The van der Waals surface area contributed by atoms with Crippen LogP contribution in [0.3, 0.4) is 0 Å². The van der Waals surface area contributed by atoms with Gasteiger partial charge < -0.3 is 20.5 Å². The standard InChI is InChI=1S/C23H19BrN8O4/c1-36-19-12-14(11-18(24)20(19)33)13-25-31-23-29-21(26-15-5-3-2-4-6-15)28-22(30-23)27-16-7-9-17(10-8-16)32(34)35/h2-13,33H,1H3,(H3,26,27,28,29,30,31)/b25-13-. The van der Waals surface area contributed by atoms with E-state index in [0.717, 1.165) is 5.69 Å². The fourth-order valence-corrected chi connectivity index (χ4v) is 3.43. The molecule has 0 aliphatic heterocycles. The molecule has 0 saturated carbocycles. The first-order valence-electron chi connectivity index (χ1n) is 10.4. The van der Waals surface area contributed by atoms with Crippen molar-refractivity contribution in [3.05, 3.63) is 86.9 Å². The molecule has 0 amide bonds. The molecule has 3 aromatic carbocycles. The second-order valence-corrected chi connectivity index (χ2v) is 8.00. The molecule has 0 bridgehead atoms. The first kappa shape index (κ1) is 24.3. The third-order valence-electron chi connectivity index (χ3n) is 4.65. The largest absolute Gasteiger partial charge is 0.503 e. The lowest BCUT2D eigenvalue weighted by Gasteiger charge is -2.10. The molecule has 36 heavy (non-hydrogen) atoms. The molecule has 0 radical (unpaired) electrons. The number of hydrazone groups is 1. The summed E-state index contributed by atoms with van der Waals surface area (Å²) >= 11 is 3.27. The average molecular weight is 551 g/mol. The van der Waals surface area contributed by atoms with Gasteiger partial charge in [0.15, 0.2) is 11.5 Å². The third-order valence-corrected chi connectivity index (χ3v) is 5.25. The van der Waals surface area contributed by atoms with Crippen LogP contribution in [0.15, 0.2) is 76.3 Å². The van der Waals surface area contributed by atoms with Crippen LogP contribution in [0.1, 0.15) is 5.56 Å². The molecule has 182 valence electrons. The first-order chi connectivity index (χ1) is 17.4. The van der Waals surface area contributed by atoms with E-state index in [2.05, 4.69) is 52.0 Å². The maximum atomic E-state index is 10.9. The number of para-hydroxylation sites is 1. The lowest BCUT2D eigenvalue weighted by molar-refractivity contribution is -0.384. The number of aromatic hydroxyl groups is 1. The maximum absolute atomic E-state index is 10.9. The first-order valence-corrected chi connectivity index (χ1v) is 11.2. The van der Waals surface area contributed by atoms with Gasteiger partial charge in [0.25, 0.3) is 5.69 Å². The number of phenols is 1. The summed E-state index contributed by atoms with van der Waals surface area (Å²) in [5.41, 5.74) is 4.69. The number of methoxy groups -OCH3 is 1. The van der Waals surface area contributed by atoms with Crippen LogP contribution < -0.4 is 20.8 Å². The number of aromatic nitrogens is 3. The molecule has 4 N–H and O–H groups in total. The Bertz CT molecular complexity index is 1400.